The van der Waals surface area contributed by atoms with Crippen LogP contribution in [0.4, 0.5) is 5.69 Å². The lowest BCUT2D eigenvalue weighted by Gasteiger charge is -2.10. The number of anilines is 1. The Bertz CT molecular complexity index is 550. The van der Waals surface area contributed by atoms with Crippen LogP contribution in [0.5, 0.6) is 0 Å². The van der Waals surface area contributed by atoms with Gasteiger partial charge < -0.3 is 9.88 Å². The zero-order valence-electron chi connectivity index (χ0n) is 12.4. The van der Waals surface area contributed by atoms with Crippen molar-refractivity contribution in [3.8, 4) is 0 Å². The van der Waals surface area contributed by atoms with Crippen LogP contribution in [0.3, 0.4) is 0 Å². The summed E-state index contributed by atoms with van der Waals surface area (Å²) in [6, 6.07) is 0.385. The standard InChI is InChI=1S/C14H23N5/c1-6-18-9-15-7-13(18)8-16-14-11(4)17-19(10(2)3)12(14)5/h7,9-10,16H,6,8H2,1-5H3. The van der Waals surface area contributed by atoms with Crippen LogP contribution in [0.1, 0.15) is 43.9 Å². The maximum absolute atomic E-state index is 4.58. The van der Waals surface area contributed by atoms with E-state index in [2.05, 4.69) is 52.3 Å². The molecule has 5 heteroatoms. The van der Waals surface area contributed by atoms with E-state index in [1.165, 1.54) is 11.4 Å². The van der Waals surface area contributed by atoms with E-state index in [0.717, 1.165) is 24.5 Å². The summed E-state index contributed by atoms with van der Waals surface area (Å²) in [5.74, 6) is 0. The van der Waals surface area contributed by atoms with Gasteiger partial charge in [0.15, 0.2) is 0 Å². The van der Waals surface area contributed by atoms with Gasteiger partial charge in [-0.3, -0.25) is 4.68 Å². The van der Waals surface area contributed by atoms with E-state index < -0.39 is 0 Å². The summed E-state index contributed by atoms with van der Waals surface area (Å²) in [6.45, 7) is 12.3. The number of hydrogen-bond acceptors (Lipinski definition) is 3. The normalized spacial score (nSPS) is 11.3. The SMILES string of the molecule is CCn1cncc1CNc1c(C)nn(C(C)C)c1C. The van der Waals surface area contributed by atoms with Gasteiger partial charge in [-0.05, 0) is 34.6 Å². The summed E-state index contributed by atoms with van der Waals surface area (Å²) >= 11 is 0. The van der Waals surface area contributed by atoms with Crippen LogP contribution >= 0.6 is 0 Å². The minimum absolute atomic E-state index is 0.385. The zero-order valence-corrected chi connectivity index (χ0v) is 12.4. The highest BCUT2D eigenvalue weighted by molar-refractivity contribution is 5.52. The third kappa shape index (κ3) is 2.64. The van der Waals surface area contributed by atoms with Gasteiger partial charge in [0, 0.05) is 18.8 Å². The molecule has 0 amide bonds. The van der Waals surface area contributed by atoms with Crippen LogP contribution in [0, 0.1) is 13.8 Å². The molecule has 1 N–H and O–H groups in total. The first-order valence-corrected chi connectivity index (χ1v) is 6.83. The molecule has 0 bridgehead atoms. The van der Waals surface area contributed by atoms with Crippen molar-refractivity contribution < 1.29 is 0 Å². The second-order valence-corrected chi connectivity index (χ2v) is 5.11. The van der Waals surface area contributed by atoms with E-state index in [9.17, 15) is 0 Å². The molecule has 19 heavy (non-hydrogen) atoms. The predicted molar refractivity (Wildman–Crippen MR) is 77.3 cm³/mol. The molecule has 2 heterocycles. The van der Waals surface area contributed by atoms with Gasteiger partial charge in [-0.2, -0.15) is 5.10 Å². The summed E-state index contributed by atoms with van der Waals surface area (Å²) in [5, 5.41) is 8.07. The Labute approximate surface area is 114 Å². The van der Waals surface area contributed by atoms with Gasteiger partial charge in [0.2, 0.25) is 0 Å². The molecule has 0 saturated carbocycles. The highest BCUT2D eigenvalue weighted by atomic mass is 15.3. The monoisotopic (exact) mass is 261 g/mol. The van der Waals surface area contributed by atoms with Crippen molar-refractivity contribution >= 4 is 5.69 Å². The predicted octanol–water partition coefficient (Wildman–Crippen LogP) is 2.91. The molecular formula is C14H23N5. The molecule has 2 aromatic heterocycles. The number of aryl methyl sites for hydroxylation is 2. The van der Waals surface area contributed by atoms with Gasteiger partial charge in [-0.1, -0.05) is 0 Å². The molecule has 0 aromatic carbocycles. The summed E-state index contributed by atoms with van der Waals surface area (Å²) in [7, 11) is 0. The lowest BCUT2D eigenvalue weighted by Crippen LogP contribution is -2.08. The van der Waals surface area contributed by atoms with E-state index in [1.807, 2.05) is 19.4 Å². The molecule has 0 aliphatic rings. The van der Waals surface area contributed by atoms with E-state index in [1.54, 1.807) is 0 Å². The van der Waals surface area contributed by atoms with Crippen molar-refractivity contribution in [2.24, 2.45) is 0 Å². The van der Waals surface area contributed by atoms with Crippen LogP contribution in [-0.4, -0.2) is 19.3 Å². The number of nitrogens with zero attached hydrogens (tertiary/aromatic N) is 4. The molecule has 0 saturated heterocycles. The first kappa shape index (κ1) is 13.6. The van der Waals surface area contributed by atoms with Crippen molar-refractivity contribution in [2.45, 2.75) is 53.8 Å². The maximum atomic E-state index is 4.58. The fourth-order valence-corrected chi connectivity index (χ4v) is 2.38. The quantitative estimate of drug-likeness (QED) is 0.900. The number of rotatable bonds is 5. The number of aromatic nitrogens is 4. The third-order valence-electron chi connectivity index (χ3n) is 3.40. The Balaban J connectivity index is 2.16. The van der Waals surface area contributed by atoms with E-state index in [0.29, 0.717) is 6.04 Å². The Morgan fingerprint density at radius 3 is 2.63 bits per heavy atom. The second-order valence-electron chi connectivity index (χ2n) is 5.11. The number of imidazole rings is 1. The van der Waals surface area contributed by atoms with Crippen LogP contribution < -0.4 is 5.32 Å². The van der Waals surface area contributed by atoms with Gasteiger partial charge in [0.1, 0.15) is 0 Å². The number of hydrogen-bond donors (Lipinski definition) is 1. The Morgan fingerprint density at radius 2 is 2.05 bits per heavy atom. The first-order chi connectivity index (χ1) is 9.04. The van der Waals surface area contributed by atoms with Gasteiger partial charge in [-0.15, -0.1) is 0 Å². The van der Waals surface area contributed by atoms with Crippen LogP contribution in [0.2, 0.25) is 0 Å². The smallest absolute Gasteiger partial charge is 0.0948 e. The average molecular weight is 261 g/mol. The van der Waals surface area contributed by atoms with E-state index in [4.69, 9.17) is 0 Å². The fraction of sp³-hybridized carbons (Fsp3) is 0.571. The van der Waals surface area contributed by atoms with Gasteiger partial charge in [-0.25, -0.2) is 4.98 Å². The van der Waals surface area contributed by atoms with E-state index in [-0.39, 0.29) is 0 Å². The topological polar surface area (TPSA) is 47.7 Å². The van der Waals surface area contributed by atoms with Crippen LogP contribution in [0.15, 0.2) is 12.5 Å². The van der Waals surface area contributed by atoms with Gasteiger partial charge >= 0.3 is 0 Å². The zero-order chi connectivity index (χ0) is 14.0. The Kier molecular flexibility index (Phi) is 3.93. The molecule has 0 atom stereocenters. The van der Waals surface area contributed by atoms with Crippen molar-refractivity contribution in [3.63, 3.8) is 0 Å². The molecule has 0 spiro atoms. The molecule has 0 radical (unpaired) electrons. The minimum Gasteiger partial charge on any atom is -0.376 e. The lowest BCUT2D eigenvalue weighted by molar-refractivity contribution is 0.516. The maximum Gasteiger partial charge on any atom is 0.0948 e. The first-order valence-electron chi connectivity index (χ1n) is 6.83. The average Bonchev–Trinajstić information content (AvgIpc) is 2.92. The van der Waals surface area contributed by atoms with E-state index >= 15 is 0 Å². The largest absolute Gasteiger partial charge is 0.376 e. The molecule has 2 rings (SSSR count). The second kappa shape index (κ2) is 5.47. The van der Waals surface area contributed by atoms with Crippen molar-refractivity contribution in [1.82, 2.24) is 19.3 Å². The highest BCUT2D eigenvalue weighted by Crippen LogP contribution is 2.22. The molecular weight excluding hydrogens is 238 g/mol. The highest BCUT2D eigenvalue weighted by Gasteiger charge is 2.13. The summed E-state index contributed by atoms with van der Waals surface area (Å²) in [4.78, 5) is 4.19. The van der Waals surface area contributed by atoms with Gasteiger partial charge in [0.25, 0.3) is 0 Å². The molecule has 0 aliphatic carbocycles. The van der Waals surface area contributed by atoms with Crippen LogP contribution in [-0.2, 0) is 13.1 Å². The fourth-order valence-electron chi connectivity index (χ4n) is 2.38. The molecule has 2 aromatic rings. The molecule has 5 nitrogen and oxygen atoms in total. The van der Waals surface area contributed by atoms with Crippen molar-refractivity contribution in [3.05, 3.63) is 29.6 Å². The summed E-state index contributed by atoms with van der Waals surface area (Å²) in [6.07, 6.45) is 3.78. The van der Waals surface area contributed by atoms with Crippen LogP contribution in [0.25, 0.3) is 0 Å². The minimum atomic E-state index is 0.385. The molecule has 0 aliphatic heterocycles. The molecule has 104 valence electrons. The third-order valence-corrected chi connectivity index (χ3v) is 3.40. The molecule has 0 unspecified atom stereocenters. The number of nitrogens with one attached hydrogen (secondary N) is 1. The summed E-state index contributed by atoms with van der Waals surface area (Å²) in [5.41, 5.74) is 4.57. The molecule has 0 fully saturated rings. The Hall–Kier alpha value is -1.78. The van der Waals surface area contributed by atoms with Crippen molar-refractivity contribution in [2.75, 3.05) is 5.32 Å². The van der Waals surface area contributed by atoms with Crippen molar-refractivity contribution in [1.29, 1.82) is 0 Å². The summed E-state index contributed by atoms with van der Waals surface area (Å²) < 4.78 is 4.21. The Morgan fingerprint density at radius 1 is 1.32 bits per heavy atom. The van der Waals surface area contributed by atoms with Gasteiger partial charge in [0.05, 0.1) is 35.6 Å². The lowest BCUT2D eigenvalue weighted by atomic mass is 10.3.